The van der Waals surface area contributed by atoms with E-state index in [-0.39, 0.29) is 17.7 Å². The van der Waals surface area contributed by atoms with Crippen molar-refractivity contribution in [1.29, 1.82) is 0 Å². The number of piperidine rings is 1. The number of carboxylic acid groups (broad SMARTS) is 1. The monoisotopic (exact) mass is 294 g/mol. The normalized spacial score (nSPS) is 26.6. The van der Waals surface area contributed by atoms with E-state index in [4.69, 9.17) is 5.73 Å². The van der Waals surface area contributed by atoms with Gasteiger partial charge in [0.25, 0.3) is 0 Å². The van der Waals surface area contributed by atoms with Gasteiger partial charge in [0.1, 0.15) is 0 Å². The molecular weight excluding hydrogens is 272 g/mol. The second-order valence-corrected chi connectivity index (χ2v) is 5.93. The summed E-state index contributed by atoms with van der Waals surface area (Å²) in [5.74, 6) is -2.10. The van der Waals surface area contributed by atoms with Crippen LogP contribution in [0.3, 0.4) is 0 Å². The van der Waals surface area contributed by atoms with E-state index in [2.05, 4.69) is 0 Å². The van der Waals surface area contributed by atoms with Gasteiger partial charge in [-0.05, 0) is 31.6 Å². The van der Waals surface area contributed by atoms with Gasteiger partial charge in [0.2, 0.25) is 11.8 Å². The SMILES string of the molecule is NC(=O)CC1CCN(C(=O)[C@@H]2CC=CC[C@@H]2C(=O)O)CC1. The first kappa shape index (κ1) is 15.5. The maximum absolute atomic E-state index is 12.5. The molecule has 2 atom stereocenters. The average Bonchev–Trinajstić information content (AvgIpc) is 2.46. The lowest BCUT2D eigenvalue weighted by atomic mass is 9.81. The van der Waals surface area contributed by atoms with Gasteiger partial charge in [-0.2, -0.15) is 0 Å². The molecule has 1 aliphatic heterocycles. The smallest absolute Gasteiger partial charge is 0.307 e. The molecule has 0 aromatic carbocycles. The van der Waals surface area contributed by atoms with Crippen molar-refractivity contribution in [3.05, 3.63) is 12.2 Å². The summed E-state index contributed by atoms with van der Waals surface area (Å²) in [7, 11) is 0. The molecule has 1 saturated heterocycles. The van der Waals surface area contributed by atoms with Crippen molar-refractivity contribution in [3.63, 3.8) is 0 Å². The molecule has 2 rings (SSSR count). The third-order valence-corrected chi connectivity index (χ3v) is 4.48. The fourth-order valence-electron chi connectivity index (χ4n) is 3.24. The summed E-state index contributed by atoms with van der Waals surface area (Å²) in [5.41, 5.74) is 5.19. The number of hydrogen-bond donors (Lipinski definition) is 2. The highest BCUT2D eigenvalue weighted by atomic mass is 16.4. The number of allylic oxidation sites excluding steroid dienone is 2. The summed E-state index contributed by atoms with van der Waals surface area (Å²) in [5, 5.41) is 9.24. The van der Waals surface area contributed by atoms with Gasteiger partial charge >= 0.3 is 5.97 Å². The predicted octanol–water partition coefficient (Wildman–Crippen LogP) is 0.767. The molecule has 116 valence electrons. The van der Waals surface area contributed by atoms with Crippen molar-refractivity contribution < 1.29 is 19.5 Å². The Hall–Kier alpha value is -1.85. The molecule has 0 spiro atoms. The third-order valence-electron chi connectivity index (χ3n) is 4.48. The second-order valence-electron chi connectivity index (χ2n) is 5.93. The summed E-state index contributed by atoms with van der Waals surface area (Å²) in [6.07, 6.45) is 6.53. The van der Waals surface area contributed by atoms with Crippen LogP contribution in [0.25, 0.3) is 0 Å². The summed E-state index contributed by atoms with van der Waals surface area (Å²) in [4.78, 5) is 36.5. The van der Waals surface area contributed by atoms with E-state index in [0.717, 1.165) is 12.8 Å². The molecule has 0 unspecified atom stereocenters. The molecule has 6 nitrogen and oxygen atoms in total. The second kappa shape index (κ2) is 6.74. The van der Waals surface area contributed by atoms with Crippen molar-refractivity contribution in [1.82, 2.24) is 4.90 Å². The van der Waals surface area contributed by atoms with Gasteiger partial charge in [-0.25, -0.2) is 0 Å². The topological polar surface area (TPSA) is 101 Å². The molecule has 1 aliphatic carbocycles. The molecule has 2 aliphatic rings. The first-order chi connectivity index (χ1) is 9.99. The summed E-state index contributed by atoms with van der Waals surface area (Å²) in [6.45, 7) is 1.17. The first-order valence-corrected chi connectivity index (χ1v) is 7.44. The lowest BCUT2D eigenvalue weighted by molar-refractivity contribution is -0.151. The number of likely N-dealkylation sites (tertiary alicyclic amines) is 1. The zero-order valence-electron chi connectivity index (χ0n) is 12.0. The molecular formula is C15H22N2O4. The fraction of sp³-hybridized carbons (Fsp3) is 0.667. The number of carbonyl (C=O) groups excluding carboxylic acids is 2. The Morgan fingerprint density at radius 1 is 1.10 bits per heavy atom. The summed E-state index contributed by atoms with van der Waals surface area (Å²) in [6, 6.07) is 0. The van der Waals surface area contributed by atoms with Crippen LogP contribution in [0.15, 0.2) is 12.2 Å². The Balaban J connectivity index is 1.93. The summed E-state index contributed by atoms with van der Waals surface area (Å²) < 4.78 is 0. The lowest BCUT2D eigenvalue weighted by Crippen LogP contribution is -2.45. The van der Waals surface area contributed by atoms with Crippen LogP contribution in [0.5, 0.6) is 0 Å². The lowest BCUT2D eigenvalue weighted by Gasteiger charge is -2.35. The van der Waals surface area contributed by atoms with E-state index in [1.54, 1.807) is 4.90 Å². The Morgan fingerprint density at radius 2 is 1.67 bits per heavy atom. The Bertz CT molecular complexity index is 453. The van der Waals surface area contributed by atoms with Crippen molar-refractivity contribution >= 4 is 17.8 Å². The van der Waals surface area contributed by atoms with Crippen molar-refractivity contribution in [2.45, 2.75) is 32.1 Å². The van der Waals surface area contributed by atoms with Gasteiger partial charge in [0.15, 0.2) is 0 Å². The van der Waals surface area contributed by atoms with E-state index in [9.17, 15) is 19.5 Å². The van der Waals surface area contributed by atoms with Crippen LogP contribution in [0, 0.1) is 17.8 Å². The maximum Gasteiger partial charge on any atom is 0.307 e. The fourth-order valence-corrected chi connectivity index (χ4v) is 3.24. The van der Waals surface area contributed by atoms with Crippen LogP contribution < -0.4 is 5.73 Å². The predicted molar refractivity (Wildman–Crippen MR) is 76.1 cm³/mol. The number of amides is 2. The maximum atomic E-state index is 12.5. The van der Waals surface area contributed by atoms with Crippen LogP contribution in [-0.2, 0) is 14.4 Å². The number of rotatable bonds is 4. The Kier molecular flexibility index (Phi) is 4.98. The molecule has 0 saturated carbocycles. The summed E-state index contributed by atoms with van der Waals surface area (Å²) >= 11 is 0. The zero-order valence-corrected chi connectivity index (χ0v) is 12.0. The standard InChI is InChI=1S/C15H22N2O4/c16-13(18)9-10-5-7-17(8-6-10)14(19)11-3-1-2-4-12(11)15(20)21/h1-2,10-12H,3-9H2,(H2,16,18)(H,20,21)/t11-,12+/m1/s1. The highest BCUT2D eigenvalue weighted by Crippen LogP contribution is 2.29. The average molecular weight is 294 g/mol. The van der Waals surface area contributed by atoms with Gasteiger partial charge in [-0.15, -0.1) is 0 Å². The zero-order chi connectivity index (χ0) is 15.4. The molecule has 6 heteroatoms. The number of nitrogens with zero attached hydrogens (tertiary/aromatic N) is 1. The highest BCUT2D eigenvalue weighted by molar-refractivity contribution is 5.85. The quantitative estimate of drug-likeness (QED) is 0.748. The highest BCUT2D eigenvalue weighted by Gasteiger charge is 2.37. The minimum absolute atomic E-state index is 0.0655. The van der Waals surface area contributed by atoms with E-state index in [1.807, 2.05) is 12.2 Å². The van der Waals surface area contributed by atoms with Gasteiger partial charge in [-0.3, -0.25) is 14.4 Å². The van der Waals surface area contributed by atoms with Crippen LogP contribution in [-0.4, -0.2) is 40.9 Å². The number of aliphatic carboxylic acids is 1. The molecule has 0 aromatic rings. The minimum Gasteiger partial charge on any atom is -0.481 e. The Labute approximate surface area is 124 Å². The molecule has 0 aromatic heterocycles. The number of carboxylic acids is 1. The van der Waals surface area contributed by atoms with E-state index >= 15 is 0 Å². The molecule has 1 fully saturated rings. The molecule has 3 N–H and O–H groups in total. The van der Waals surface area contributed by atoms with E-state index in [0.29, 0.717) is 32.4 Å². The van der Waals surface area contributed by atoms with Gasteiger partial charge < -0.3 is 15.7 Å². The van der Waals surface area contributed by atoms with Gasteiger partial charge in [0.05, 0.1) is 11.8 Å². The number of nitrogens with two attached hydrogens (primary N) is 1. The van der Waals surface area contributed by atoms with Crippen molar-refractivity contribution in [2.75, 3.05) is 13.1 Å². The molecule has 0 radical (unpaired) electrons. The van der Waals surface area contributed by atoms with Crippen LogP contribution in [0.1, 0.15) is 32.1 Å². The van der Waals surface area contributed by atoms with Crippen molar-refractivity contribution in [3.8, 4) is 0 Å². The minimum atomic E-state index is -0.902. The third kappa shape index (κ3) is 3.83. The molecule has 2 amide bonds. The van der Waals surface area contributed by atoms with Crippen LogP contribution in [0.4, 0.5) is 0 Å². The van der Waals surface area contributed by atoms with Crippen LogP contribution in [0.2, 0.25) is 0 Å². The van der Waals surface area contributed by atoms with Gasteiger partial charge in [0, 0.05) is 19.5 Å². The molecule has 21 heavy (non-hydrogen) atoms. The molecule has 1 heterocycles. The molecule has 0 bridgehead atoms. The number of carbonyl (C=O) groups is 3. The first-order valence-electron chi connectivity index (χ1n) is 7.44. The Morgan fingerprint density at radius 3 is 2.19 bits per heavy atom. The van der Waals surface area contributed by atoms with Gasteiger partial charge in [-0.1, -0.05) is 12.2 Å². The van der Waals surface area contributed by atoms with Crippen LogP contribution >= 0.6 is 0 Å². The van der Waals surface area contributed by atoms with E-state index < -0.39 is 17.8 Å². The number of primary amides is 1. The van der Waals surface area contributed by atoms with E-state index in [1.165, 1.54) is 0 Å². The largest absolute Gasteiger partial charge is 0.481 e. The van der Waals surface area contributed by atoms with Crippen molar-refractivity contribution in [2.24, 2.45) is 23.5 Å². The number of hydrogen-bond acceptors (Lipinski definition) is 3.